The van der Waals surface area contributed by atoms with Crippen LogP contribution in [0.4, 0.5) is 26.4 Å². The van der Waals surface area contributed by atoms with E-state index in [1.807, 2.05) is 4.90 Å². The van der Waals surface area contributed by atoms with E-state index in [2.05, 4.69) is 40.4 Å². The zero-order valence-electron chi connectivity index (χ0n) is 17.0. The first kappa shape index (κ1) is 20.1. The molecule has 166 valence electrons. The highest BCUT2D eigenvalue weighted by molar-refractivity contribution is 5.86. The quantitative estimate of drug-likeness (QED) is 0.412. The number of H-pyrrole nitrogens is 2. The summed E-state index contributed by atoms with van der Waals surface area (Å²) in [5.41, 5.74) is 1.96. The molecule has 0 radical (unpaired) electrons. The lowest BCUT2D eigenvalue weighted by Crippen LogP contribution is -2.37. The number of imidazole rings is 1. The summed E-state index contributed by atoms with van der Waals surface area (Å²) in [6, 6.07) is 3.29. The molecule has 1 aliphatic heterocycles. The molecule has 0 bridgehead atoms. The number of hydrogen-bond donors (Lipinski definition) is 3. The highest BCUT2D eigenvalue weighted by Gasteiger charge is 2.19. The van der Waals surface area contributed by atoms with Gasteiger partial charge in [-0.15, -0.1) is 0 Å². The number of aromatic nitrogens is 7. The van der Waals surface area contributed by atoms with Gasteiger partial charge in [0.25, 0.3) is 6.43 Å². The standard InChI is InChI=1S/C19H19F2N9O2/c1-31-13-7-11(6-12-14(13)26-17(25-12)15(20)21)24-18-27-16(10-8-22-23-9-10)28-19(29-18)30-2-4-32-5-3-30/h6-9,15H,2-5H2,1H3,(H,22,23)(H,25,26)(H,24,27,28,29). The number of hydrogen-bond acceptors (Lipinski definition) is 9. The first-order chi connectivity index (χ1) is 15.6. The summed E-state index contributed by atoms with van der Waals surface area (Å²) >= 11 is 0. The van der Waals surface area contributed by atoms with Gasteiger partial charge < -0.3 is 24.7 Å². The van der Waals surface area contributed by atoms with E-state index in [0.29, 0.717) is 66.1 Å². The summed E-state index contributed by atoms with van der Waals surface area (Å²) < 4.78 is 36.9. The van der Waals surface area contributed by atoms with Gasteiger partial charge in [0.1, 0.15) is 11.3 Å². The van der Waals surface area contributed by atoms with Crippen LogP contribution in [0.3, 0.4) is 0 Å². The van der Waals surface area contributed by atoms with Crippen molar-refractivity contribution < 1.29 is 18.3 Å². The predicted octanol–water partition coefficient (Wildman–Crippen LogP) is 2.66. The molecule has 0 saturated carbocycles. The molecular weight excluding hydrogens is 424 g/mol. The molecule has 3 N–H and O–H groups in total. The van der Waals surface area contributed by atoms with Gasteiger partial charge in [-0.25, -0.2) is 13.8 Å². The van der Waals surface area contributed by atoms with Gasteiger partial charge >= 0.3 is 0 Å². The fourth-order valence-electron chi connectivity index (χ4n) is 3.39. The van der Waals surface area contributed by atoms with Crippen LogP contribution in [-0.2, 0) is 4.74 Å². The summed E-state index contributed by atoms with van der Waals surface area (Å²) in [5.74, 6) is 1.13. The van der Waals surface area contributed by atoms with Gasteiger partial charge in [-0.2, -0.15) is 20.1 Å². The summed E-state index contributed by atoms with van der Waals surface area (Å²) in [7, 11) is 1.45. The number of methoxy groups -OCH3 is 1. The highest BCUT2D eigenvalue weighted by atomic mass is 19.3. The maximum Gasteiger partial charge on any atom is 0.295 e. The first-order valence-electron chi connectivity index (χ1n) is 9.81. The lowest BCUT2D eigenvalue weighted by molar-refractivity contribution is 0.122. The fraction of sp³-hybridized carbons (Fsp3) is 0.316. The van der Waals surface area contributed by atoms with Crippen molar-refractivity contribution in [3.05, 3.63) is 30.4 Å². The molecule has 11 nitrogen and oxygen atoms in total. The van der Waals surface area contributed by atoms with Gasteiger partial charge in [-0.1, -0.05) is 0 Å². The number of fused-ring (bicyclic) bond motifs is 1. The summed E-state index contributed by atoms with van der Waals surface area (Å²) in [6.07, 6.45) is 0.585. The van der Waals surface area contributed by atoms with Crippen LogP contribution in [0.25, 0.3) is 22.4 Å². The number of ether oxygens (including phenoxy) is 2. The number of benzene rings is 1. The van der Waals surface area contributed by atoms with Crippen LogP contribution in [0, 0.1) is 0 Å². The van der Waals surface area contributed by atoms with Gasteiger partial charge in [0.05, 0.1) is 37.6 Å². The van der Waals surface area contributed by atoms with Crippen molar-refractivity contribution in [3.63, 3.8) is 0 Å². The molecule has 3 aromatic heterocycles. The van der Waals surface area contributed by atoms with Crippen molar-refractivity contribution in [2.75, 3.05) is 43.6 Å². The third kappa shape index (κ3) is 3.89. The molecule has 4 aromatic rings. The smallest absolute Gasteiger partial charge is 0.295 e. The van der Waals surface area contributed by atoms with E-state index in [1.54, 1.807) is 24.5 Å². The Morgan fingerprint density at radius 1 is 1.16 bits per heavy atom. The lowest BCUT2D eigenvalue weighted by Gasteiger charge is -2.27. The summed E-state index contributed by atoms with van der Waals surface area (Å²) in [6.45, 7) is 2.46. The second-order valence-electron chi connectivity index (χ2n) is 6.99. The molecule has 1 aliphatic rings. The zero-order valence-corrected chi connectivity index (χ0v) is 17.0. The molecule has 0 atom stereocenters. The Hall–Kier alpha value is -3.87. The number of alkyl halides is 2. The fourth-order valence-corrected chi connectivity index (χ4v) is 3.39. The van der Waals surface area contributed by atoms with Crippen molar-refractivity contribution in [1.29, 1.82) is 0 Å². The molecule has 4 heterocycles. The number of anilines is 3. The van der Waals surface area contributed by atoms with Crippen LogP contribution in [0.1, 0.15) is 12.2 Å². The largest absolute Gasteiger partial charge is 0.494 e. The zero-order chi connectivity index (χ0) is 22.1. The number of morpholine rings is 1. The van der Waals surface area contributed by atoms with Gasteiger partial charge in [0.15, 0.2) is 11.6 Å². The van der Waals surface area contributed by atoms with Gasteiger partial charge in [0, 0.05) is 31.0 Å². The molecule has 13 heteroatoms. The second-order valence-corrected chi connectivity index (χ2v) is 6.99. The average Bonchev–Trinajstić information content (AvgIpc) is 3.49. The number of halogens is 2. The van der Waals surface area contributed by atoms with Crippen LogP contribution < -0.4 is 15.0 Å². The van der Waals surface area contributed by atoms with Crippen molar-refractivity contribution in [3.8, 4) is 17.1 Å². The minimum absolute atomic E-state index is 0.285. The Labute approximate surface area is 180 Å². The molecule has 32 heavy (non-hydrogen) atoms. The van der Waals surface area contributed by atoms with Crippen molar-refractivity contribution in [2.45, 2.75) is 6.43 Å². The van der Waals surface area contributed by atoms with Gasteiger partial charge in [0.2, 0.25) is 11.9 Å². The third-order valence-electron chi connectivity index (χ3n) is 4.93. The van der Waals surface area contributed by atoms with E-state index in [0.717, 1.165) is 0 Å². The Morgan fingerprint density at radius 3 is 2.72 bits per heavy atom. The Kier molecular flexibility index (Phi) is 5.23. The van der Waals surface area contributed by atoms with Crippen LogP contribution in [0.5, 0.6) is 5.75 Å². The monoisotopic (exact) mass is 443 g/mol. The van der Waals surface area contributed by atoms with E-state index in [1.165, 1.54) is 7.11 Å². The van der Waals surface area contributed by atoms with Crippen LogP contribution in [0.15, 0.2) is 24.5 Å². The normalized spacial score (nSPS) is 14.3. The molecule has 0 unspecified atom stereocenters. The number of aromatic amines is 2. The van der Waals surface area contributed by atoms with Gasteiger partial charge in [-0.05, 0) is 6.07 Å². The van der Waals surface area contributed by atoms with E-state index in [-0.39, 0.29) is 5.95 Å². The van der Waals surface area contributed by atoms with E-state index >= 15 is 0 Å². The molecule has 1 saturated heterocycles. The van der Waals surface area contributed by atoms with Gasteiger partial charge in [-0.3, -0.25) is 5.10 Å². The van der Waals surface area contributed by atoms with E-state index < -0.39 is 12.2 Å². The average molecular weight is 443 g/mol. The maximum absolute atomic E-state index is 13.1. The summed E-state index contributed by atoms with van der Waals surface area (Å²) in [4.78, 5) is 22.2. The molecule has 5 rings (SSSR count). The van der Waals surface area contributed by atoms with Crippen molar-refractivity contribution >= 4 is 28.6 Å². The lowest BCUT2D eigenvalue weighted by atomic mass is 10.2. The number of nitrogens with one attached hydrogen (secondary N) is 3. The predicted molar refractivity (Wildman–Crippen MR) is 111 cm³/mol. The number of nitrogens with zero attached hydrogens (tertiary/aromatic N) is 6. The second kappa shape index (κ2) is 8.34. The Bertz CT molecular complexity index is 1220. The van der Waals surface area contributed by atoms with Crippen LogP contribution >= 0.6 is 0 Å². The SMILES string of the molecule is COc1cc(Nc2nc(-c3cn[nH]c3)nc(N3CCOCC3)n2)cc2[nH]c(C(F)F)nc12. The minimum Gasteiger partial charge on any atom is -0.494 e. The Morgan fingerprint density at radius 2 is 2.00 bits per heavy atom. The van der Waals surface area contributed by atoms with E-state index in [9.17, 15) is 8.78 Å². The first-order valence-corrected chi connectivity index (χ1v) is 9.81. The summed E-state index contributed by atoms with van der Waals surface area (Å²) in [5, 5.41) is 9.83. The molecule has 0 aliphatic carbocycles. The molecular formula is C19H19F2N9O2. The number of rotatable bonds is 6. The molecule has 0 spiro atoms. The molecule has 0 amide bonds. The molecule has 1 aromatic carbocycles. The maximum atomic E-state index is 13.1. The Balaban J connectivity index is 1.54. The topological polar surface area (TPSA) is 130 Å². The van der Waals surface area contributed by atoms with Crippen molar-refractivity contribution in [1.82, 2.24) is 35.1 Å². The highest BCUT2D eigenvalue weighted by Crippen LogP contribution is 2.32. The van der Waals surface area contributed by atoms with E-state index in [4.69, 9.17) is 9.47 Å². The third-order valence-corrected chi connectivity index (χ3v) is 4.93. The van der Waals surface area contributed by atoms with Crippen LogP contribution in [-0.4, -0.2) is 68.5 Å². The van der Waals surface area contributed by atoms with Crippen LogP contribution in [0.2, 0.25) is 0 Å². The molecule has 1 fully saturated rings. The van der Waals surface area contributed by atoms with Crippen molar-refractivity contribution in [2.24, 2.45) is 0 Å². The minimum atomic E-state index is -2.72.